The molecule has 1 aromatic rings. The van der Waals surface area contributed by atoms with Crippen molar-refractivity contribution in [3.05, 3.63) is 34.9 Å². The Balaban J connectivity index is 2.71. The van der Waals surface area contributed by atoms with Gasteiger partial charge in [-0.1, -0.05) is 57.7 Å². The summed E-state index contributed by atoms with van der Waals surface area (Å²) >= 11 is 0. The summed E-state index contributed by atoms with van der Waals surface area (Å²) in [6, 6.07) is 7.17. The molecule has 0 aliphatic carbocycles. The Labute approximate surface area is 113 Å². The van der Waals surface area contributed by atoms with Gasteiger partial charge >= 0.3 is 0 Å². The zero-order valence-corrected chi connectivity index (χ0v) is 12.6. The minimum absolute atomic E-state index is 0.535. The van der Waals surface area contributed by atoms with E-state index in [1.165, 1.54) is 48.8 Å². The van der Waals surface area contributed by atoms with Crippen molar-refractivity contribution in [1.29, 1.82) is 0 Å². The molecule has 0 amide bonds. The van der Waals surface area contributed by atoms with E-state index < -0.39 is 0 Å². The van der Waals surface area contributed by atoms with E-state index in [9.17, 15) is 0 Å². The summed E-state index contributed by atoms with van der Waals surface area (Å²) in [6.45, 7) is 9.99. The van der Waals surface area contributed by atoms with E-state index in [2.05, 4.69) is 51.2 Å². The van der Waals surface area contributed by atoms with E-state index >= 15 is 0 Å². The number of hydrogen-bond acceptors (Lipinski definition) is 1. The third-order valence-electron chi connectivity index (χ3n) is 3.69. The summed E-state index contributed by atoms with van der Waals surface area (Å²) in [4.78, 5) is 0. The van der Waals surface area contributed by atoms with E-state index in [1.807, 2.05) is 0 Å². The number of benzene rings is 1. The number of unbranched alkanes of at least 4 members (excludes halogenated alkanes) is 3. The first-order chi connectivity index (χ1) is 8.70. The SMILES string of the molecule is CCCCCCC(NCC)c1c(C)cccc1C. The molecular weight excluding hydrogens is 218 g/mol. The summed E-state index contributed by atoms with van der Waals surface area (Å²) in [5, 5.41) is 3.66. The van der Waals surface area contributed by atoms with E-state index in [0.717, 1.165) is 6.54 Å². The third-order valence-corrected chi connectivity index (χ3v) is 3.69. The predicted molar refractivity (Wildman–Crippen MR) is 81.1 cm³/mol. The van der Waals surface area contributed by atoms with Gasteiger partial charge in [0.15, 0.2) is 0 Å². The zero-order valence-electron chi connectivity index (χ0n) is 12.6. The van der Waals surface area contributed by atoms with Gasteiger partial charge < -0.3 is 5.32 Å². The van der Waals surface area contributed by atoms with Crippen LogP contribution in [-0.2, 0) is 0 Å². The van der Waals surface area contributed by atoms with Gasteiger partial charge in [0.2, 0.25) is 0 Å². The molecule has 0 aromatic heterocycles. The Kier molecular flexibility index (Phi) is 7.04. The van der Waals surface area contributed by atoms with Crippen LogP contribution in [-0.4, -0.2) is 6.54 Å². The number of aryl methyl sites for hydroxylation is 2. The molecule has 1 unspecified atom stereocenters. The Morgan fingerprint density at radius 3 is 2.22 bits per heavy atom. The maximum Gasteiger partial charge on any atom is 0.0325 e. The van der Waals surface area contributed by atoms with Gasteiger partial charge in [0.05, 0.1) is 0 Å². The topological polar surface area (TPSA) is 12.0 Å². The van der Waals surface area contributed by atoms with Gasteiger partial charge in [-0.05, 0) is 43.5 Å². The molecule has 1 nitrogen and oxygen atoms in total. The minimum atomic E-state index is 0.535. The number of rotatable bonds is 8. The summed E-state index contributed by atoms with van der Waals surface area (Å²) in [5.41, 5.74) is 4.38. The fourth-order valence-corrected chi connectivity index (χ4v) is 2.75. The molecule has 1 atom stereocenters. The molecule has 0 heterocycles. The monoisotopic (exact) mass is 247 g/mol. The first kappa shape index (κ1) is 15.2. The van der Waals surface area contributed by atoms with Crippen LogP contribution in [0, 0.1) is 13.8 Å². The Morgan fingerprint density at radius 1 is 1.00 bits per heavy atom. The fourth-order valence-electron chi connectivity index (χ4n) is 2.75. The summed E-state index contributed by atoms with van der Waals surface area (Å²) in [6.07, 6.45) is 6.64. The van der Waals surface area contributed by atoms with Crippen LogP contribution < -0.4 is 5.32 Å². The van der Waals surface area contributed by atoms with Crippen LogP contribution in [0.5, 0.6) is 0 Å². The lowest BCUT2D eigenvalue weighted by atomic mass is 9.92. The highest BCUT2D eigenvalue weighted by molar-refractivity contribution is 5.36. The van der Waals surface area contributed by atoms with Crippen molar-refractivity contribution in [2.45, 2.75) is 65.8 Å². The molecule has 1 heteroatoms. The molecule has 18 heavy (non-hydrogen) atoms. The van der Waals surface area contributed by atoms with Crippen molar-refractivity contribution in [2.75, 3.05) is 6.54 Å². The molecule has 102 valence electrons. The molecule has 0 aliphatic heterocycles. The van der Waals surface area contributed by atoms with Gasteiger partial charge in [0, 0.05) is 6.04 Å². The van der Waals surface area contributed by atoms with Gasteiger partial charge in [-0.25, -0.2) is 0 Å². The lowest BCUT2D eigenvalue weighted by Crippen LogP contribution is -2.22. The average Bonchev–Trinajstić information content (AvgIpc) is 2.34. The van der Waals surface area contributed by atoms with Crippen LogP contribution in [0.2, 0.25) is 0 Å². The maximum atomic E-state index is 3.66. The van der Waals surface area contributed by atoms with Gasteiger partial charge in [0.1, 0.15) is 0 Å². The van der Waals surface area contributed by atoms with Gasteiger partial charge in [-0.3, -0.25) is 0 Å². The normalized spacial score (nSPS) is 12.7. The van der Waals surface area contributed by atoms with Crippen LogP contribution in [0.3, 0.4) is 0 Å². The van der Waals surface area contributed by atoms with Crippen LogP contribution >= 0.6 is 0 Å². The van der Waals surface area contributed by atoms with E-state index in [4.69, 9.17) is 0 Å². The standard InChI is InChI=1S/C17H29N/c1-5-7-8-9-13-16(18-6-2)17-14(3)11-10-12-15(17)4/h10-12,16,18H,5-9,13H2,1-4H3. The largest absolute Gasteiger partial charge is 0.310 e. The lowest BCUT2D eigenvalue weighted by molar-refractivity contribution is 0.478. The highest BCUT2D eigenvalue weighted by Crippen LogP contribution is 2.26. The summed E-state index contributed by atoms with van der Waals surface area (Å²) < 4.78 is 0. The highest BCUT2D eigenvalue weighted by atomic mass is 14.9. The van der Waals surface area contributed by atoms with Crippen LogP contribution in [0.25, 0.3) is 0 Å². The fraction of sp³-hybridized carbons (Fsp3) is 0.647. The molecule has 0 fully saturated rings. The number of nitrogens with one attached hydrogen (secondary N) is 1. The second kappa shape index (κ2) is 8.31. The molecular formula is C17H29N. The highest BCUT2D eigenvalue weighted by Gasteiger charge is 2.14. The van der Waals surface area contributed by atoms with Crippen molar-refractivity contribution in [3.8, 4) is 0 Å². The molecule has 1 aromatic carbocycles. The Bertz CT molecular complexity index is 323. The van der Waals surface area contributed by atoms with Crippen molar-refractivity contribution in [3.63, 3.8) is 0 Å². The van der Waals surface area contributed by atoms with E-state index in [-0.39, 0.29) is 0 Å². The lowest BCUT2D eigenvalue weighted by Gasteiger charge is -2.22. The van der Waals surface area contributed by atoms with Crippen LogP contribution in [0.1, 0.15) is 68.7 Å². The molecule has 0 aliphatic rings. The minimum Gasteiger partial charge on any atom is -0.310 e. The summed E-state index contributed by atoms with van der Waals surface area (Å²) in [5.74, 6) is 0. The molecule has 0 radical (unpaired) electrons. The van der Waals surface area contributed by atoms with Crippen LogP contribution in [0.15, 0.2) is 18.2 Å². The first-order valence-electron chi connectivity index (χ1n) is 7.50. The van der Waals surface area contributed by atoms with Gasteiger partial charge in [0.25, 0.3) is 0 Å². The third kappa shape index (κ3) is 4.45. The van der Waals surface area contributed by atoms with E-state index in [1.54, 1.807) is 0 Å². The predicted octanol–water partition coefficient (Wildman–Crippen LogP) is 4.92. The van der Waals surface area contributed by atoms with Crippen molar-refractivity contribution < 1.29 is 0 Å². The molecule has 1 rings (SSSR count). The molecule has 0 bridgehead atoms. The number of hydrogen-bond donors (Lipinski definition) is 1. The van der Waals surface area contributed by atoms with E-state index in [0.29, 0.717) is 6.04 Å². The first-order valence-corrected chi connectivity index (χ1v) is 7.50. The maximum absolute atomic E-state index is 3.66. The summed E-state index contributed by atoms with van der Waals surface area (Å²) in [7, 11) is 0. The molecule has 1 N–H and O–H groups in total. The smallest absolute Gasteiger partial charge is 0.0325 e. The zero-order chi connectivity index (χ0) is 13.4. The van der Waals surface area contributed by atoms with Crippen molar-refractivity contribution in [2.24, 2.45) is 0 Å². The molecule has 0 saturated carbocycles. The molecule has 0 spiro atoms. The van der Waals surface area contributed by atoms with Crippen molar-refractivity contribution in [1.82, 2.24) is 5.32 Å². The van der Waals surface area contributed by atoms with Crippen LogP contribution in [0.4, 0.5) is 0 Å². The van der Waals surface area contributed by atoms with Crippen molar-refractivity contribution >= 4 is 0 Å². The van der Waals surface area contributed by atoms with Gasteiger partial charge in [-0.2, -0.15) is 0 Å². The molecule has 0 saturated heterocycles. The Morgan fingerprint density at radius 2 is 1.67 bits per heavy atom. The second-order valence-corrected chi connectivity index (χ2v) is 5.27. The van der Waals surface area contributed by atoms with Gasteiger partial charge in [-0.15, -0.1) is 0 Å². The second-order valence-electron chi connectivity index (χ2n) is 5.27. The quantitative estimate of drug-likeness (QED) is 0.643. The average molecular weight is 247 g/mol. The Hall–Kier alpha value is -0.820.